The summed E-state index contributed by atoms with van der Waals surface area (Å²) in [5.41, 5.74) is 9.39. The lowest BCUT2D eigenvalue weighted by Gasteiger charge is -2.30. The Hall–Kier alpha value is -2.93. The van der Waals surface area contributed by atoms with Crippen LogP contribution in [0.25, 0.3) is 33.3 Å². The third kappa shape index (κ3) is 3.43. The van der Waals surface area contributed by atoms with Crippen LogP contribution in [0.4, 0.5) is 0 Å². The molecule has 0 fully saturated rings. The van der Waals surface area contributed by atoms with Crippen LogP contribution in [0.1, 0.15) is 44.7 Å². The minimum Gasteiger partial charge on any atom is -0.194 e. The first-order chi connectivity index (χ1) is 14.5. The van der Waals surface area contributed by atoms with Crippen LogP contribution >= 0.6 is 0 Å². The Morgan fingerprint density at radius 1 is 0.767 bits per heavy atom. The molecule has 1 aromatic heterocycles. The number of nitrogens with zero attached hydrogens (tertiary/aromatic N) is 1. The Bertz CT molecular complexity index is 1180. The molecular weight excluding hydrogens is 362 g/mol. The van der Waals surface area contributed by atoms with E-state index in [1.807, 2.05) is 0 Å². The topological polar surface area (TPSA) is 3.88 Å². The van der Waals surface area contributed by atoms with Gasteiger partial charge in [0, 0.05) is 17.0 Å². The number of aromatic nitrogens is 1. The molecule has 1 heterocycles. The van der Waals surface area contributed by atoms with Crippen LogP contribution in [0.2, 0.25) is 0 Å². The molecule has 0 aliphatic heterocycles. The number of pyridine rings is 1. The molecule has 0 amide bonds. The molecule has 1 heteroatoms. The highest BCUT2D eigenvalue weighted by Crippen LogP contribution is 2.40. The monoisotopic (exact) mass is 394 g/mol. The van der Waals surface area contributed by atoms with Crippen LogP contribution in [0, 0.1) is 6.92 Å². The molecule has 0 N–H and O–H groups in total. The van der Waals surface area contributed by atoms with Crippen molar-refractivity contribution in [3.05, 3.63) is 90.0 Å². The van der Waals surface area contributed by atoms with Gasteiger partial charge in [0.25, 0.3) is 0 Å². The molecule has 0 unspecified atom stereocenters. The molecule has 0 aliphatic carbocycles. The predicted octanol–water partition coefficient (Wildman–Crippen LogP) is 7.38. The maximum atomic E-state index is 2.41. The summed E-state index contributed by atoms with van der Waals surface area (Å²) < 4.78 is 2.38. The molecule has 1 nitrogen and oxygen atoms in total. The van der Waals surface area contributed by atoms with Gasteiger partial charge in [0.2, 0.25) is 11.2 Å². The van der Waals surface area contributed by atoms with Gasteiger partial charge in [-0.2, -0.15) is 4.57 Å². The average Bonchev–Trinajstić information content (AvgIpc) is 2.79. The molecule has 0 saturated heterocycles. The molecule has 0 atom stereocenters. The number of hydrogen-bond acceptors (Lipinski definition) is 0. The van der Waals surface area contributed by atoms with E-state index < -0.39 is 0 Å². The second-order valence-electron chi connectivity index (χ2n) is 8.69. The van der Waals surface area contributed by atoms with Crippen molar-refractivity contribution in [3.63, 3.8) is 0 Å². The van der Waals surface area contributed by atoms with E-state index in [1.165, 1.54) is 44.4 Å². The van der Waals surface area contributed by atoms with Gasteiger partial charge in [-0.1, -0.05) is 75.4 Å². The highest BCUT2D eigenvalue weighted by molar-refractivity contribution is 5.81. The number of benzene rings is 3. The summed E-state index contributed by atoms with van der Waals surface area (Å²) in [6.07, 6.45) is 2.25. The Morgan fingerprint density at radius 3 is 2.13 bits per heavy atom. The fourth-order valence-electron chi connectivity index (χ4n) is 4.70. The molecule has 0 spiro atoms. The Morgan fingerprint density at radius 2 is 1.43 bits per heavy atom. The molecule has 0 bridgehead atoms. The van der Waals surface area contributed by atoms with Gasteiger partial charge in [0.15, 0.2) is 0 Å². The first kappa shape index (κ1) is 20.3. The quantitative estimate of drug-likeness (QED) is 0.311. The standard InChI is InChI=1S/C29H32N/c1-6-29(4,7-2)26-18-17-23(22-13-9-8-10-14-22)20-25(26)28-21(3)19-24-15-11-12-16-27(24)30(28)5/h8-20H,6-7H2,1-5H3/q+1. The highest BCUT2D eigenvalue weighted by atomic mass is 14.9. The van der Waals surface area contributed by atoms with Crippen molar-refractivity contribution in [2.24, 2.45) is 7.05 Å². The normalized spacial score (nSPS) is 11.8. The van der Waals surface area contributed by atoms with Crippen molar-refractivity contribution in [1.82, 2.24) is 0 Å². The molecule has 30 heavy (non-hydrogen) atoms. The number of fused-ring (bicyclic) bond motifs is 1. The van der Waals surface area contributed by atoms with Crippen molar-refractivity contribution in [2.75, 3.05) is 0 Å². The molecule has 152 valence electrons. The van der Waals surface area contributed by atoms with E-state index in [4.69, 9.17) is 0 Å². The van der Waals surface area contributed by atoms with E-state index in [9.17, 15) is 0 Å². The van der Waals surface area contributed by atoms with Crippen LogP contribution in [0.5, 0.6) is 0 Å². The molecule has 0 aliphatic rings. The van der Waals surface area contributed by atoms with E-state index in [0.29, 0.717) is 0 Å². The largest absolute Gasteiger partial charge is 0.216 e. The zero-order chi connectivity index (χ0) is 21.3. The minimum atomic E-state index is 0.148. The van der Waals surface area contributed by atoms with Crippen molar-refractivity contribution in [2.45, 2.75) is 46.0 Å². The van der Waals surface area contributed by atoms with Crippen molar-refractivity contribution in [3.8, 4) is 22.4 Å². The fraction of sp³-hybridized carbons (Fsp3) is 0.276. The number of rotatable bonds is 5. The summed E-state index contributed by atoms with van der Waals surface area (Å²) in [7, 11) is 2.21. The Labute approximate surface area is 181 Å². The Kier molecular flexibility index (Phi) is 5.47. The van der Waals surface area contributed by atoms with Crippen LogP contribution in [-0.2, 0) is 12.5 Å². The Balaban J connectivity index is 2.05. The van der Waals surface area contributed by atoms with Gasteiger partial charge in [-0.05, 0) is 60.1 Å². The van der Waals surface area contributed by atoms with Crippen LogP contribution in [0.3, 0.4) is 0 Å². The lowest BCUT2D eigenvalue weighted by atomic mass is 9.74. The third-order valence-corrected chi connectivity index (χ3v) is 6.97. The van der Waals surface area contributed by atoms with E-state index in [2.05, 4.69) is 118 Å². The average molecular weight is 395 g/mol. The van der Waals surface area contributed by atoms with Gasteiger partial charge < -0.3 is 0 Å². The smallest absolute Gasteiger partial charge is 0.194 e. The molecular formula is C29H32N+. The van der Waals surface area contributed by atoms with Gasteiger partial charge in [0.1, 0.15) is 7.05 Å². The minimum absolute atomic E-state index is 0.148. The maximum absolute atomic E-state index is 2.41. The summed E-state index contributed by atoms with van der Waals surface area (Å²) in [6, 6.07) is 28.8. The second-order valence-corrected chi connectivity index (χ2v) is 8.69. The summed E-state index contributed by atoms with van der Waals surface area (Å²) >= 11 is 0. The van der Waals surface area contributed by atoms with Crippen molar-refractivity contribution >= 4 is 10.9 Å². The maximum Gasteiger partial charge on any atom is 0.216 e. The lowest BCUT2D eigenvalue weighted by molar-refractivity contribution is -0.633. The molecule has 4 aromatic rings. The predicted molar refractivity (Wildman–Crippen MR) is 129 cm³/mol. The fourth-order valence-corrected chi connectivity index (χ4v) is 4.70. The van der Waals surface area contributed by atoms with Crippen LogP contribution in [0.15, 0.2) is 78.9 Å². The van der Waals surface area contributed by atoms with E-state index >= 15 is 0 Å². The SMILES string of the molecule is CCC(C)(CC)c1ccc(-c2ccccc2)cc1-c1c(C)cc2ccccc2[n+]1C. The van der Waals surface area contributed by atoms with E-state index in [1.54, 1.807) is 0 Å². The number of aryl methyl sites for hydroxylation is 2. The zero-order valence-electron chi connectivity index (χ0n) is 18.9. The first-order valence-corrected chi connectivity index (χ1v) is 11.1. The molecule has 0 radical (unpaired) electrons. The zero-order valence-corrected chi connectivity index (χ0v) is 18.9. The van der Waals surface area contributed by atoms with Gasteiger partial charge in [-0.15, -0.1) is 0 Å². The van der Waals surface area contributed by atoms with Gasteiger partial charge in [0.05, 0.1) is 5.56 Å². The first-order valence-electron chi connectivity index (χ1n) is 11.1. The summed E-state index contributed by atoms with van der Waals surface area (Å²) in [6.45, 7) is 9.28. The lowest BCUT2D eigenvalue weighted by Crippen LogP contribution is -2.34. The summed E-state index contributed by atoms with van der Waals surface area (Å²) in [4.78, 5) is 0. The molecule has 0 saturated carbocycles. The molecule has 4 rings (SSSR count). The second kappa shape index (κ2) is 8.07. The summed E-state index contributed by atoms with van der Waals surface area (Å²) in [5, 5.41) is 1.29. The number of hydrogen-bond donors (Lipinski definition) is 0. The third-order valence-electron chi connectivity index (χ3n) is 6.97. The van der Waals surface area contributed by atoms with Crippen molar-refractivity contribution in [1.29, 1.82) is 0 Å². The summed E-state index contributed by atoms with van der Waals surface area (Å²) in [5.74, 6) is 0. The molecule has 3 aromatic carbocycles. The van der Waals surface area contributed by atoms with E-state index in [0.717, 1.165) is 12.8 Å². The van der Waals surface area contributed by atoms with Crippen LogP contribution < -0.4 is 4.57 Å². The van der Waals surface area contributed by atoms with Gasteiger partial charge in [-0.25, -0.2) is 0 Å². The van der Waals surface area contributed by atoms with E-state index in [-0.39, 0.29) is 5.41 Å². The van der Waals surface area contributed by atoms with Crippen molar-refractivity contribution < 1.29 is 4.57 Å². The number of para-hydroxylation sites is 1. The van der Waals surface area contributed by atoms with Gasteiger partial charge in [-0.3, -0.25) is 0 Å². The van der Waals surface area contributed by atoms with Crippen LogP contribution in [-0.4, -0.2) is 0 Å². The highest BCUT2D eigenvalue weighted by Gasteiger charge is 2.30. The van der Waals surface area contributed by atoms with Gasteiger partial charge >= 0.3 is 0 Å².